The van der Waals surface area contributed by atoms with Crippen molar-refractivity contribution in [2.45, 2.75) is 32.4 Å². The molecular formula is C13H19BrN2O2. The average Bonchev–Trinajstić information content (AvgIpc) is 2.29. The van der Waals surface area contributed by atoms with Gasteiger partial charge < -0.3 is 15.7 Å². The molecule has 2 atom stereocenters. The molecule has 1 amide bonds. The fourth-order valence-electron chi connectivity index (χ4n) is 1.47. The van der Waals surface area contributed by atoms with Crippen molar-refractivity contribution in [3.8, 4) is 0 Å². The quantitative estimate of drug-likeness (QED) is 0.754. The first kappa shape index (κ1) is 15.1. The van der Waals surface area contributed by atoms with E-state index >= 15 is 0 Å². The van der Waals surface area contributed by atoms with Crippen molar-refractivity contribution < 1.29 is 9.90 Å². The molecule has 2 unspecified atom stereocenters. The number of nitrogens with one attached hydrogen (secondary N) is 2. The van der Waals surface area contributed by atoms with Crippen molar-refractivity contribution in [3.05, 3.63) is 28.7 Å². The monoisotopic (exact) mass is 314 g/mol. The number of aliphatic hydroxyl groups excluding tert-OH is 1. The van der Waals surface area contributed by atoms with Gasteiger partial charge in [-0.1, -0.05) is 15.9 Å². The van der Waals surface area contributed by atoms with Gasteiger partial charge in [-0.2, -0.15) is 0 Å². The van der Waals surface area contributed by atoms with E-state index in [0.29, 0.717) is 13.0 Å². The zero-order chi connectivity index (χ0) is 13.5. The predicted octanol–water partition coefficient (Wildman–Crippen LogP) is 2.14. The van der Waals surface area contributed by atoms with E-state index in [1.807, 2.05) is 31.2 Å². The Morgan fingerprint density at radius 2 is 1.94 bits per heavy atom. The van der Waals surface area contributed by atoms with Crippen LogP contribution in [-0.2, 0) is 4.79 Å². The number of aliphatic hydroxyl groups is 1. The number of hydrogen-bond donors (Lipinski definition) is 3. The summed E-state index contributed by atoms with van der Waals surface area (Å²) in [5.74, 6) is -0.0390. The third kappa shape index (κ3) is 6.14. The summed E-state index contributed by atoms with van der Waals surface area (Å²) in [4.78, 5) is 11.7. The summed E-state index contributed by atoms with van der Waals surface area (Å²) in [5.41, 5.74) is 0.783. The predicted molar refractivity (Wildman–Crippen MR) is 76.5 cm³/mol. The number of benzene rings is 1. The lowest BCUT2D eigenvalue weighted by Gasteiger charge is -2.14. The Morgan fingerprint density at radius 3 is 2.50 bits per heavy atom. The summed E-state index contributed by atoms with van der Waals surface area (Å²) in [7, 11) is 0. The summed E-state index contributed by atoms with van der Waals surface area (Å²) in [6.45, 7) is 4.12. The van der Waals surface area contributed by atoms with Gasteiger partial charge in [0.15, 0.2) is 0 Å². The Kier molecular flexibility index (Phi) is 6.32. The van der Waals surface area contributed by atoms with Crippen molar-refractivity contribution in [3.63, 3.8) is 0 Å². The van der Waals surface area contributed by atoms with Gasteiger partial charge in [-0.25, -0.2) is 0 Å². The van der Waals surface area contributed by atoms with Crippen LogP contribution in [0.25, 0.3) is 0 Å². The Balaban J connectivity index is 2.34. The van der Waals surface area contributed by atoms with Gasteiger partial charge in [-0.15, -0.1) is 0 Å². The van der Waals surface area contributed by atoms with E-state index < -0.39 is 6.10 Å². The van der Waals surface area contributed by atoms with Crippen molar-refractivity contribution >= 4 is 27.5 Å². The molecule has 0 heterocycles. The fraction of sp³-hybridized carbons (Fsp3) is 0.462. The van der Waals surface area contributed by atoms with Crippen LogP contribution in [-0.4, -0.2) is 29.7 Å². The topological polar surface area (TPSA) is 61.4 Å². The van der Waals surface area contributed by atoms with Gasteiger partial charge in [-0.3, -0.25) is 4.79 Å². The molecule has 0 spiro atoms. The number of rotatable bonds is 6. The molecule has 100 valence electrons. The molecule has 3 N–H and O–H groups in total. The van der Waals surface area contributed by atoms with E-state index in [1.165, 1.54) is 0 Å². The molecule has 0 bridgehead atoms. The summed E-state index contributed by atoms with van der Waals surface area (Å²) in [6.07, 6.45) is -0.0232. The van der Waals surface area contributed by atoms with Crippen LogP contribution in [0, 0.1) is 0 Å². The van der Waals surface area contributed by atoms with Crippen LogP contribution in [0.2, 0.25) is 0 Å². The lowest BCUT2D eigenvalue weighted by Crippen LogP contribution is -2.35. The Labute approximate surface area is 116 Å². The number of anilines is 1. The highest BCUT2D eigenvalue weighted by molar-refractivity contribution is 9.10. The van der Waals surface area contributed by atoms with Crippen LogP contribution in [0.3, 0.4) is 0 Å². The molecule has 0 aliphatic rings. The largest absolute Gasteiger partial charge is 0.392 e. The smallest absolute Gasteiger partial charge is 0.225 e. The highest BCUT2D eigenvalue weighted by Crippen LogP contribution is 2.14. The first-order chi connectivity index (χ1) is 8.47. The highest BCUT2D eigenvalue weighted by atomic mass is 79.9. The maximum atomic E-state index is 11.7. The molecule has 0 aliphatic heterocycles. The van der Waals surface area contributed by atoms with Crippen LogP contribution < -0.4 is 10.6 Å². The zero-order valence-electron chi connectivity index (χ0n) is 10.6. The highest BCUT2D eigenvalue weighted by Gasteiger charge is 2.09. The standard InChI is InChI=1S/C13H19BrN2O2/c1-9(15-8-10(2)17)7-13(18)16-12-5-3-11(14)4-6-12/h3-6,9-10,15,17H,7-8H2,1-2H3,(H,16,18). The third-order valence-electron chi connectivity index (χ3n) is 2.38. The Hall–Kier alpha value is -0.910. The molecule has 5 heteroatoms. The lowest BCUT2D eigenvalue weighted by atomic mass is 10.2. The summed E-state index contributed by atoms with van der Waals surface area (Å²) >= 11 is 3.34. The molecule has 0 aromatic heterocycles. The second-order valence-electron chi connectivity index (χ2n) is 4.42. The second-order valence-corrected chi connectivity index (χ2v) is 5.33. The van der Waals surface area contributed by atoms with E-state index in [4.69, 9.17) is 5.11 Å². The van der Waals surface area contributed by atoms with Gasteiger partial charge in [0.2, 0.25) is 5.91 Å². The van der Waals surface area contributed by atoms with Gasteiger partial charge in [0.1, 0.15) is 0 Å². The number of amides is 1. The van der Waals surface area contributed by atoms with Crippen LogP contribution in [0.5, 0.6) is 0 Å². The van der Waals surface area contributed by atoms with Gasteiger partial charge >= 0.3 is 0 Å². The molecule has 0 saturated carbocycles. The van der Waals surface area contributed by atoms with E-state index in [2.05, 4.69) is 26.6 Å². The number of hydrogen-bond acceptors (Lipinski definition) is 3. The summed E-state index contributed by atoms with van der Waals surface area (Å²) < 4.78 is 0.979. The van der Waals surface area contributed by atoms with Crippen molar-refractivity contribution in [2.75, 3.05) is 11.9 Å². The summed E-state index contributed by atoms with van der Waals surface area (Å²) in [6, 6.07) is 7.48. The number of carbonyl (C=O) groups is 1. The van der Waals surface area contributed by atoms with Gasteiger partial charge in [0, 0.05) is 29.2 Å². The summed E-state index contributed by atoms with van der Waals surface area (Å²) in [5, 5.41) is 15.0. The Morgan fingerprint density at radius 1 is 1.33 bits per heavy atom. The molecule has 1 rings (SSSR count). The van der Waals surface area contributed by atoms with Gasteiger partial charge in [-0.05, 0) is 38.1 Å². The van der Waals surface area contributed by atoms with E-state index in [-0.39, 0.29) is 11.9 Å². The number of halogens is 1. The Bertz CT molecular complexity index is 379. The average molecular weight is 315 g/mol. The van der Waals surface area contributed by atoms with E-state index in [9.17, 15) is 4.79 Å². The van der Waals surface area contributed by atoms with Crippen molar-refractivity contribution in [1.29, 1.82) is 0 Å². The molecular weight excluding hydrogens is 296 g/mol. The molecule has 1 aromatic rings. The lowest BCUT2D eigenvalue weighted by molar-refractivity contribution is -0.116. The maximum absolute atomic E-state index is 11.7. The van der Waals surface area contributed by atoms with Crippen LogP contribution in [0.1, 0.15) is 20.3 Å². The van der Waals surface area contributed by atoms with E-state index in [0.717, 1.165) is 10.2 Å². The minimum atomic E-state index is -0.401. The van der Waals surface area contributed by atoms with Gasteiger partial charge in [0.25, 0.3) is 0 Å². The molecule has 0 aliphatic carbocycles. The maximum Gasteiger partial charge on any atom is 0.225 e. The van der Waals surface area contributed by atoms with Crippen molar-refractivity contribution in [2.24, 2.45) is 0 Å². The first-order valence-electron chi connectivity index (χ1n) is 5.94. The fourth-order valence-corrected chi connectivity index (χ4v) is 1.73. The molecule has 1 aromatic carbocycles. The van der Waals surface area contributed by atoms with E-state index in [1.54, 1.807) is 6.92 Å². The molecule has 0 fully saturated rings. The first-order valence-corrected chi connectivity index (χ1v) is 6.73. The SMILES string of the molecule is CC(O)CNC(C)CC(=O)Nc1ccc(Br)cc1. The van der Waals surface area contributed by atoms with Gasteiger partial charge in [0.05, 0.1) is 6.10 Å². The molecule has 18 heavy (non-hydrogen) atoms. The molecule has 0 radical (unpaired) electrons. The minimum Gasteiger partial charge on any atom is -0.392 e. The van der Waals surface area contributed by atoms with Crippen molar-refractivity contribution in [1.82, 2.24) is 5.32 Å². The zero-order valence-corrected chi connectivity index (χ0v) is 12.2. The normalized spacial score (nSPS) is 14.0. The third-order valence-corrected chi connectivity index (χ3v) is 2.91. The van der Waals surface area contributed by atoms with Crippen LogP contribution in [0.15, 0.2) is 28.7 Å². The second kappa shape index (κ2) is 7.51. The molecule has 0 saturated heterocycles. The molecule has 4 nitrogen and oxygen atoms in total. The van der Waals surface area contributed by atoms with Crippen LogP contribution >= 0.6 is 15.9 Å². The minimum absolute atomic E-state index is 0.0371. The van der Waals surface area contributed by atoms with Crippen LogP contribution in [0.4, 0.5) is 5.69 Å². The number of carbonyl (C=O) groups excluding carboxylic acids is 1.